The van der Waals surface area contributed by atoms with Gasteiger partial charge in [0.1, 0.15) is 11.3 Å². The van der Waals surface area contributed by atoms with Gasteiger partial charge in [-0.1, -0.05) is 13.3 Å². The second-order valence-corrected chi connectivity index (χ2v) is 4.19. The first kappa shape index (κ1) is 14.4. The third-order valence-corrected chi connectivity index (χ3v) is 2.52. The molecule has 18 heavy (non-hydrogen) atoms. The molecule has 0 aliphatic carbocycles. The van der Waals surface area contributed by atoms with Gasteiger partial charge in [0.05, 0.1) is 12.7 Å². The Bertz CT molecular complexity index is 404. The van der Waals surface area contributed by atoms with Gasteiger partial charge >= 0.3 is 5.97 Å². The van der Waals surface area contributed by atoms with E-state index >= 15 is 0 Å². The van der Waals surface area contributed by atoms with Crippen LogP contribution in [0.4, 0.5) is 5.69 Å². The Morgan fingerprint density at radius 1 is 1.39 bits per heavy atom. The van der Waals surface area contributed by atoms with E-state index in [9.17, 15) is 4.79 Å². The SMILES string of the molecule is CCCC(C)Oc1ccc(N)cc1C(=O)OCC. The number of rotatable bonds is 6. The van der Waals surface area contributed by atoms with Crippen LogP contribution in [0, 0.1) is 0 Å². The number of hydrogen-bond acceptors (Lipinski definition) is 4. The Labute approximate surface area is 108 Å². The number of carbonyl (C=O) groups excluding carboxylic acids is 1. The van der Waals surface area contributed by atoms with Crippen molar-refractivity contribution in [3.05, 3.63) is 23.8 Å². The first-order valence-corrected chi connectivity index (χ1v) is 6.31. The average Bonchev–Trinajstić information content (AvgIpc) is 2.32. The van der Waals surface area contributed by atoms with Crippen molar-refractivity contribution < 1.29 is 14.3 Å². The van der Waals surface area contributed by atoms with Crippen LogP contribution in [0.3, 0.4) is 0 Å². The van der Waals surface area contributed by atoms with E-state index in [1.165, 1.54) is 0 Å². The summed E-state index contributed by atoms with van der Waals surface area (Å²) < 4.78 is 10.7. The maximum Gasteiger partial charge on any atom is 0.341 e. The molecular weight excluding hydrogens is 230 g/mol. The summed E-state index contributed by atoms with van der Waals surface area (Å²) in [7, 11) is 0. The Hall–Kier alpha value is -1.71. The van der Waals surface area contributed by atoms with Gasteiger partial charge in [0.2, 0.25) is 0 Å². The summed E-state index contributed by atoms with van der Waals surface area (Å²) in [5, 5.41) is 0. The summed E-state index contributed by atoms with van der Waals surface area (Å²) in [6, 6.07) is 5.02. The number of carbonyl (C=O) groups is 1. The number of hydrogen-bond donors (Lipinski definition) is 1. The van der Waals surface area contributed by atoms with Gasteiger partial charge in [-0.05, 0) is 38.5 Å². The zero-order chi connectivity index (χ0) is 13.5. The second kappa shape index (κ2) is 6.89. The molecule has 0 fully saturated rings. The molecule has 1 rings (SSSR count). The predicted octanol–water partition coefficient (Wildman–Crippen LogP) is 3.01. The summed E-state index contributed by atoms with van der Waals surface area (Å²) in [6.07, 6.45) is 2.03. The lowest BCUT2D eigenvalue weighted by Gasteiger charge is -2.16. The number of nitrogen functional groups attached to an aromatic ring is 1. The molecule has 1 atom stereocenters. The molecule has 0 bridgehead atoms. The molecule has 2 N–H and O–H groups in total. The van der Waals surface area contributed by atoms with Crippen molar-refractivity contribution in [2.45, 2.75) is 39.7 Å². The molecular formula is C14H21NO3. The average molecular weight is 251 g/mol. The molecule has 4 nitrogen and oxygen atoms in total. The molecule has 0 aliphatic rings. The smallest absolute Gasteiger partial charge is 0.341 e. The van der Waals surface area contributed by atoms with Crippen LogP contribution in [0.15, 0.2) is 18.2 Å². The molecule has 1 unspecified atom stereocenters. The summed E-state index contributed by atoms with van der Waals surface area (Å²) in [5.41, 5.74) is 6.60. The predicted molar refractivity (Wildman–Crippen MR) is 71.8 cm³/mol. The standard InChI is InChI=1S/C14H21NO3/c1-4-6-10(3)18-13-8-7-11(15)9-12(13)14(16)17-5-2/h7-10H,4-6,15H2,1-3H3. The zero-order valence-corrected chi connectivity index (χ0v) is 11.2. The van der Waals surface area contributed by atoms with Crippen LogP contribution in [-0.2, 0) is 4.74 Å². The van der Waals surface area contributed by atoms with Crippen LogP contribution in [0.1, 0.15) is 44.0 Å². The molecule has 0 aliphatic heterocycles. The minimum atomic E-state index is -0.400. The van der Waals surface area contributed by atoms with Crippen molar-refractivity contribution in [1.29, 1.82) is 0 Å². The van der Waals surface area contributed by atoms with Crippen LogP contribution >= 0.6 is 0 Å². The maximum absolute atomic E-state index is 11.8. The van der Waals surface area contributed by atoms with Crippen LogP contribution in [0.5, 0.6) is 5.75 Å². The van der Waals surface area contributed by atoms with Gasteiger partial charge in [-0.3, -0.25) is 0 Å². The second-order valence-electron chi connectivity index (χ2n) is 4.19. The zero-order valence-electron chi connectivity index (χ0n) is 11.2. The molecule has 100 valence electrons. The largest absolute Gasteiger partial charge is 0.490 e. The highest BCUT2D eigenvalue weighted by Gasteiger charge is 2.16. The Morgan fingerprint density at radius 2 is 2.11 bits per heavy atom. The van der Waals surface area contributed by atoms with E-state index < -0.39 is 5.97 Å². The first-order valence-electron chi connectivity index (χ1n) is 6.31. The fourth-order valence-corrected chi connectivity index (χ4v) is 1.70. The van der Waals surface area contributed by atoms with E-state index in [4.69, 9.17) is 15.2 Å². The normalized spacial score (nSPS) is 11.9. The highest BCUT2D eigenvalue weighted by Crippen LogP contribution is 2.24. The van der Waals surface area contributed by atoms with Gasteiger partial charge in [-0.15, -0.1) is 0 Å². The van der Waals surface area contributed by atoms with Crippen molar-refractivity contribution >= 4 is 11.7 Å². The highest BCUT2D eigenvalue weighted by atomic mass is 16.5. The molecule has 4 heteroatoms. The molecule has 0 spiro atoms. The Morgan fingerprint density at radius 3 is 2.72 bits per heavy atom. The van der Waals surface area contributed by atoms with Crippen LogP contribution < -0.4 is 10.5 Å². The van der Waals surface area contributed by atoms with Crippen LogP contribution in [-0.4, -0.2) is 18.7 Å². The summed E-state index contributed by atoms with van der Waals surface area (Å²) in [6.45, 7) is 6.17. The van der Waals surface area contributed by atoms with Gasteiger partial charge in [-0.2, -0.15) is 0 Å². The van der Waals surface area contributed by atoms with Gasteiger partial charge in [-0.25, -0.2) is 4.79 Å². The minimum Gasteiger partial charge on any atom is -0.490 e. The summed E-state index contributed by atoms with van der Waals surface area (Å²) in [4.78, 5) is 11.8. The monoisotopic (exact) mass is 251 g/mol. The van der Waals surface area contributed by atoms with Gasteiger partial charge < -0.3 is 15.2 Å². The van der Waals surface area contributed by atoms with E-state index in [1.807, 2.05) is 6.92 Å². The van der Waals surface area contributed by atoms with Crippen LogP contribution in [0.2, 0.25) is 0 Å². The number of ether oxygens (including phenoxy) is 2. The van der Waals surface area contributed by atoms with E-state index in [1.54, 1.807) is 25.1 Å². The first-order chi connectivity index (χ1) is 8.58. The molecule has 0 radical (unpaired) electrons. The molecule has 0 amide bonds. The number of nitrogens with two attached hydrogens (primary N) is 1. The van der Waals surface area contributed by atoms with Crippen molar-refractivity contribution in [3.8, 4) is 5.75 Å². The lowest BCUT2D eigenvalue weighted by Crippen LogP contribution is -2.15. The van der Waals surface area contributed by atoms with Crippen molar-refractivity contribution in [1.82, 2.24) is 0 Å². The number of benzene rings is 1. The fraction of sp³-hybridized carbons (Fsp3) is 0.500. The third-order valence-electron chi connectivity index (χ3n) is 2.52. The Balaban J connectivity index is 2.92. The third kappa shape index (κ3) is 3.95. The molecule has 0 saturated carbocycles. The molecule has 0 heterocycles. The number of anilines is 1. The van der Waals surface area contributed by atoms with Gasteiger partial charge in [0.25, 0.3) is 0 Å². The van der Waals surface area contributed by atoms with Crippen molar-refractivity contribution in [3.63, 3.8) is 0 Å². The molecule has 0 aromatic heterocycles. The Kier molecular flexibility index (Phi) is 5.49. The molecule has 0 saturated heterocycles. The summed E-state index contributed by atoms with van der Waals surface area (Å²) >= 11 is 0. The number of esters is 1. The maximum atomic E-state index is 11.8. The van der Waals surface area contributed by atoms with Crippen LogP contribution in [0.25, 0.3) is 0 Å². The summed E-state index contributed by atoms with van der Waals surface area (Å²) in [5.74, 6) is 0.132. The van der Waals surface area contributed by atoms with Gasteiger partial charge in [0, 0.05) is 5.69 Å². The highest BCUT2D eigenvalue weighted by molar-refractivity contribution is 5.93. The van der Waals surface area contributed by atoms with E-state index in [2.05, 4.69) is 6.92 Å². The fourth-order valence-electron chi connectivity index (χ4n) is 1.70. The van der Waals surface area contributed by atoms with Gasteiger partial charge in [0.15, 0.2) is 0 Å². The minimum absolute atomic E-state index is 0.0619. The quantitative estimate of drug-likeness (QED) is 0.623. The lowest BCUT2D eigenvalue weighted by atomic mass is 10.1. The van der Waals surface area contributed by atoms with E-state index in [-0.39, 0.29) is 6.10 Å². The van der Waals surface area contributed by atoms with Crippen molar-refractivity contribution in [2.24, 2.45) is 0 Å². The lowest BCUT2D eigenvalue weighted by molar-refractivity contribution is 0.0519. The van der Waals surface area contributed by atoms with Crippen molar-refractivity contribution in [2.75, 3.05) is 12.3 Å². The molecule has 1 aromatic rings. The van der Waals surface area contributed by atoms with E-state index in [0.29, 0.717) is 23.6 Å². The van der Waals surface area contributed by atoms with E-state index in [0.717, 1.165) is 12.8 Å². The topological polar surface area (TPSA) is 61.5 Å². The molecule has 1 aromatic carbocycles.